The molecule has 3 aromatic rings. The highest BCUT2D eigenvalue weighted by atomic mass is 16.6. The molecule has 1 aromatic carbocycles. The number of rotatable bonds is 4. The van der Waals surface area contributed by atoms with Gasteiger partial charge in [-0.1, -0.05) is 26.0 Å². The minimum Gasteiger partial charge on any atom is -0.486 e. The van der Waals surface area contributed by atoms with Crippen LogP contribution in [0.15, 0.2) is 30.5 Å². The molecule has 0 spiro atoms. The molecule has 0 fully saturated rings. The minimum atomic E-state index is -0.0842. The maximum atomic E-state index is 6.00. The fourth-order valence-electron chi connectivity index (χ4n) is 2.81. The van der Waals surface area contributed by atoms with Gasteiger partial charge in [-0.3, -0.25) is 4.68 Å². The lowest BCUT2D eigenvalue weighted by Crippen LogP contribution is -2.35. The number of benzene rings is 1. The first kappa shape index (κ1) is 15.7. The Labute approximate surface area is 146 Å². The van der Waals surface area contributed by atoms with Gasteiger partial charge in [-0.15, -0.1) is 0 Å². The number of ether oxygens (including phenoxy) is 2. The molecular formula is C18H21N5O2. The molecule has 1 atom stereocenters. The van der Waals surface area contributed by atoms with Gasteiger partial charge in [-0.05, 0) is 12.1 Å². The van der Waals surface area contributed by atoms with Gasteiger partial charge in [-0.2, -0.15) is 5.10 Å². The highest BCUT2D eigenvalue weighted by molar-refractivity contribution is 5.86. The molecule has 25 heavy (non-hydrogen) atoms. The van der Waals surface area contributed by atoms with Gasteiger partial charge in [0.1, 0.15) is 24.4 Å². The summed E-state index contributed by atoms with van der Waals surface area (Å²) in [6.45, 7) is 5.25. The molecule has 0 saturated heterocycles. The number of nitrogens with zero attached hydrogens (tertiary/aromatic N) is 4. The first-order chi connectivity index (χ1) is 12.1. The van der Waals surface area contributed by atoms with E-state index in [9.17, 15) is 0 Å². The van der Waals surface area contributed by atoms with Crippen molar-refractivity contribution in [1.29, 1.82) is 0 Å². The smallest absolute Gasteiger partial charge is 0.163 e. The SMILES string of the molecule is CC(C)c1nc(NC[C@@H]2COc3ccccc3O2)c2cnn(C)c2n1. The van der Waals surface area contributed by atoms with E-state index in [-0.39, 0.29) is 12.0 Å². The van der Waals surface area contributed by atoms with Gasteiger partial charge in [0.15, 0.2) is 17.1 Å². The van der Waals surface area contributed by atoms with Crippen LogP contribution in [0.3, 0.4) is 0 Å². The summed E-state index contributed by atoms with van der Waals surface area (Å²) in [4.78, 5) is 9.28. The van der Waals surface area contributed by atoms with Crippen molar-refractivity contribution in [3.05, 3.63) is 36.3 Å². The molecule has 0 bridgehead atoms. The van der Waals surface area contributed by atoms with E-state index in [4.69, 9.17) is 9.47 Å². The van der Waals surface area contributed by atoms with Crippen molar-refractivity contribution >= 4 is 16.9 Å². The zero-order chi connectivity index (χ0) is 17.4. The van der Waals surface area contributed by atoms with Gasteiger partial charge < -0.3 is 14.8 Å². The highest BCUT2D eigenvalue weighted by Crippen LogP contribution is 2.31. The van der Waals surface area contributed by atoms with Crippen molar-refractivity contribution in [2.45, 2.75) is 25.9 Å². The van der Waals surface area contributed by atoms with Gasteiger partial charge in [0.2, 0.25) is 0 Å². The molecule has 0 amide bonds. The van der Waals surface area contributed by atoms with Crippen LogP contribution < -0.4 is 14.8 Å². The maximum absolute atomic E-state index is 6.00. The van der Waals surface area contributed by atoms with Crippen LogP contribution in [0.25, 0.3) is 11.0 Å². The van der Waals surface area contributed by atoms with Crippen molar-refractivity contribution in [3.8, 4) is 11.5 Å². The molecule has 7 heteroatoms. The summed E-state index contributed by atoms with van der Waals surface area (Å²) in [5.41, 5.74) is 0.826. The van der Waals surface area contributed by atoms with Crippen molar-refractivity contribution in [2.75, 3.05) is 18.5 Å². The molecule has 1 aliphatic rings. The summed E-state index contributed by atoms with van der Waals surface area (Å²) >= 11 is 0. The largest absolute Gasteiger partial charge is 0.486 e. The van der Waals surface area contributed by atoms with E-state index in [2.05, 4.69) is 34.2 Å². The van der Waals surface area contributed by atoms with Crippen LogP contribution in [0.5, 0.6) is 11.5 Å². The Hall–Kier alpha value is -2.83. The van der Waals surface area contributed by atoms with Gasteiger partial charge >= 0.3 is 0 Å². The third-order valence-corrected chi connectivity index (χ3v) is 4.19. The Morgan fingerprint density at radius 2 is 2.04 bits per heavy atom. The van der Waals surface area contributed by atoms with E-state index >= 15 is 0 Å². The predicted octanol–water partition coefficient (Wildman–Crippen LogP) is 2.74. The monoisotopic (exact) mass is 339 g/mol. The first-order valence-electron chi connectivity index (χ1n) is 8.44. The van der Waals surface area contributed by atoms with Crippen LogP contribution in [0.2, 0.25) is 0 Å². The van der Waals surface area contributed by atoms with Gasteiger partial charge in [0, 0.05) is 13.0 Å². The third kappa shape index (κ3) is 2.97. The maximum Gasteiger partial charge on any atom is 0.163 e. The number of hydrogen-bond donors (Lipinski definition) is 1. The van der Waals surface area contributed by atoms with E-state index in [0.29, 0.717) is 13.2 Å². The van der Waals surface area contributed by atoms with Crippen LogP contribution in [0.4, 0.5) is 5.82 Å². The summed E-state index contributed by atoms with van der Waals surface area (Å²) in [5.74, 6) is 3.38. The second-order valence-corrected chi connectivity index (χ2v) is 6.47. The van der Waals surface area contributed by atoms with E-state index in [0.717, 1.165) is 34.2 Å². The number of aromatic nitrogens is 4. The summed E-state index contributed by atoms with van der Waals surface area (Å²) in [6, 6.07) is 7.71. The fraction of sp³-hybridized carbons (Fsp3) is 0.389. The number of para-hydroxylation sites is 2. The Bertz CT molecular complexity index is 906. The molecule has 0 saturated carbocycles. The van der Waals surface area contributed by atoms with Crippen LogP contribution >= 0.6 is 0 Å². The number of fused-ring (bicyclic) bond motifs is 2. The van der Waals surface area contributed by atoms with Gasteiger partial charge in [-0.25, -0.2) is 9.97 Å². The summed E-state index contributed by atoms with van der Waals surface area (Å²) in [6.07, 6.45) is 1.70. The molecule has 7 nitrogen and oxygen atoms in total. The lowest BCUT2D eigenvalue weighted by Gasteiger charge is -2.26. The normalized spacial score (nSPS) is 16.4. The van der Waals surface area contributed by atoms with Crippen molar-refractivity contribution < 1.29 is 9.47 Å². The third-order valence-electron chi connectivity index (χ3n) is 4.19. The van der Waals surface area contributed by atoms with E-state index < -0.39 is 0 Å². The predicted molar refractivity (Wildman–Crippen MR) is 95.2 cm³/mol. The van der Waals surface area contributed by atoms with Crippen LogP contribution in [0.1, 0.15) is 25.6 Å². The van der Waals surface area contributed by atoms with E-state index in [1.54, 1.807) is 10.9 Å². The van der Waals surface area contributed by atoms with E-state index in [1.165, 1.54) is 0 Å². The fourth-order valence-corrected chi connectivity index (χ4v) is 2.81. The number of hydrogen-bond acceptors (Lipinski definition) is 6. The zero-order valence-corrected chi connectivity index (χ0v) is 14.6. The molecule has 4 rings (SSSR count). The lowest BCUT2D eigenvalue weighted by atomic mass is 10.2. The second kappa shape index (κ2) is 6.23. The standard InChI is InChI=1S/C18H21N5O2/c1-11(2)16-21-17(13-9-20-23(3)18(13)22-16)19-8-12-10-24-14-6-4-5-7-15(14)25-12/h4-7,9,11-12H,8,10H2,1-3H3,(H,19,21,22)/t12-/m1/s1. The molecule has 2 aromatic heterocycles. The minimum absolute atomic E-state index is 0.0842. The Kier molecular flexibility index (Phi) is 3.91. The molecule has 1 N–H and O–H groups in total. The van der Waals surface area contributed by atoms with Crippen LogP contribution in [-0.2, 0) is 7.05 Å². The Balaban J connectivity index is 1.55. The molecule has 3 heterocycles. The summed E-state index contributed by atoms with van der Waals surface area (Å²) < 4.78 is 13.5. The average molecular weight is 339 g/mol. The first-order valence-corrected chi connectivity index (χ1v) is 8.44. The van der Waals surface area contributed by atoms with Gasteiger partial charge in [0.05, 0.1) is 18.1 Å². The van der Waals surface area contributed by atoms with Crippen molar-refractivity contribution in [2.24, 2.45) is 7.05 Å². The summed E-state index contributed by atoms with van der Waals surface area (Å²) in [7, 11) is 1.89. The molecule has 0 unspecified atom stereocenters. The molecule has 0 radical (unpaired) electrons. The highest BCUT2D eigenvalue weighted by Gasteiger charge is 2.21. The molecule has 1 aliphatic heterocycles. The number of nitrogens with one attached hydrogen (secondary N) is 1. The zero-order valence-electron chi connectivity index (χ0n) is 14.6. The topological polar surface area (TPSA) is 74.1 Å². The Morgan fingerprint density at radius 1 is 1.24 bits per heavy atom. The van der Waals surface area contributed by atoms with E-state index in [1.807, 2.05) is 31.3 Å². The van der Waals surface area contributed by atoms with Crippen LogP contribution in [-0.4, -0.2) is 39.0 Å². The van der Waals surface area contributed by atoms with Crippen molar-refractivity contribution in [3.63, 3.8) is 0 Å². The quantitative estimate of drug-likeness (QED) is 0.788. The molecule has 0 aliphatic carbocycles. The summed E-state index contributed by atoms with van der Waals surface area (Å²) in [5, 5.41) is 8.59. The molecular weight excluding hydrogens is 318 g/mol. The second-order valence-electron chi connectivity index (χ2n) is 6.47. The Morgan fingerprint density at radius 3 is 2.84 bits per heavy atom. The lowest BCUT2D eigenvalue weighted by molar-refractivity contribution is 0.0997. The number of anilines is 1. The number of aryl methyl sites for hydroxylation is 1. The van der Waals surface area contributed by atoms with Crippen molar-refractivity contribution in [1.82, 2.24) is 19.7 Å². The molecule has 130 valence electrons. The average Bonchev–Trinajstić information content (AvgIpc) is 3.00. The van der Waals surface area contributed by atoms with Gasteiger partial charge in [0.25, 0.3) is 0 Å². The van der Waals surface area contributed by atoms with Crippen LogP contribution in [0, 0.1) is 0 Å².